The highest BCUT2D eigenvalue weighted by atomic mass is 35.5. The summed E-state index contributed by atoms with van der Waals surface area (Å²) < 4.78 is 5.68. The Morgan fingerprint density at radius 3 is 2.31 bits per heavy atom. The molecule has 7 heteroatoms. The quantitative estimate of drug-likeness (QED) is 0.674. The fraction of sp³-hybridized carbons (Fsp3) is 0.318. The summed E-state index contributed by atoms with van der Waals surface area (Å²) in [5.41, 5.74) is 1.40. The van der Waals surface area contributed by atoms with Crippen LogP contribution in [0.2, 0.25) is 5.02 Å². The zero-order valence-corrected chi connectivity index (χ0v) is 16.5. The lowest BCUT2D eigenvalue weighted by molar-refractivity contribution is -0.170. The van der Waals surface area contributed by atoms with Crippen LogP contribution in [0.25, 0.3) is 0 Å². The van der Waals surface area contributed by atoms with Gasteiger partial charge in [-0.3, -0.25) is 9.59 Å². The van der Waals surface area contributed by atoms with Crippen molar-refractivity contribution in [3.8, 4) is 5.75 Å². The fourth-order valence-corrected chi connectivity index (χ4v) is 4.08. The molecule has 1 aliphatic carbocycles. The molecule has 0 atom stereocenters. The van der Waals surface area contributed by atoms with Gasteiger partial charge in [-0.2, -0.15) is 0 Å². The summed E-state index contributed by atoms with van der Waals surface area (Å²) in [6.45, 7) is -0.422. The van der Waals surface area contributed by atoms with Gasteiger partial charge in [0.1, 0.15) is 5.75 Å². The molecule has 1 saturated carbocycles. The molecule has 0 saturated heterocycles. The minimum absolute atomic E-state index is 0.212. The van der Waals surface area contributed by atoms with Gasteiger partial charge in [0.15, 0.2) is 6.61 Å². The van der Waals surface area contributed by atoms with Gasteiger partial charge < -0.3 is 9.57 Å². The van der Waals surface area contributed by atoms with Crippen molar-refractivity contribution < 1.29 is 24.0 Å². The topological polar surface area (TPSA) is 72.9 Å². The third-order valence-electron chi connectivity index (χ3n) is 5.31. The first-order valence-corrected chi connectivity index (χ1v) is 10.0. The molecular formula is C22H20ClNO5. The molecule has 2 amide bonds. The van der Waals surface area contributed by atoms with Crippen LogP contribution in [0, 0.1) is 0 Å². The molecule has 0 unspecified atom stereocenters. The molecule has 0 spiro atoms. The van der Waals surface area contributed by atoms with E-state index >= 15 is 0 Å². The Morgan fingerprint density at radius 2 is 1.66 bits per heavy atom. The third kappa shape index (κ3) is 3.98. The molecule has 2 aromatic carbocycles. The Morgan fingerprint density at radius 1 is 1.00 bits per heavy atom. The Bertz CT molecular complexity index is 932. The number of amides is 2. The van der Waals surface area contributed by atoms with Crippen LogP contribution in [-0.2, 0) is 9.63 Å². The molecule has 0 aromatic heterocycles. The van der Waals surface area contributed by atoms with E-state index in [1.165, 1.54) is 18.6 Å². The van der Waals surface area contributed by atoms with Crippen molar-refractivity contribution in [1.82, 2.24) is 5.06 Å². The number of carbonyl (C=O) groups is 3. The van der Waals surface area contributed by atoms with E-state index in [2.05, 4.69) is 0 Å². The average Bonchev–Trinajstić information content (AvgIpc) is 2.98. The summed E-state index contributed by atoms with van der Waals surface area (Å²) in [5.74, 6) is -1.24. The standard InChI is InChI=1S/C22H20ClNO5/c23-15-10-11-19(18(12-15)14-6-2-1-3-7-14)28-13-20(25)29-24-21(26)16-8-4-5-9-17(16)22(24)27/h4-5,8-12,14H,1-3,6-7,13H2. The zero-order valence-electron chi connectivity index (χ0n) is 15.7. The fourth-order valence-electron chi connectivity index (χ4n) is 3.90. The van der Waals surface area contributed by atoms with Gasteiger partial charge in [0.25, 0.3) is 11.8 Å². The highest BCUT2D eigenvalue weighted by Crippen LogP contribution is 2.38. The Labute approximate surface area is 173 Å². The first-order chi connectivity index (χ1) is 14.0. The minimum Gasteiger partial charge on any atom is -0.482 e. The monoisotopic (exact) mass is 413 g/mol. The Kier molecular flexibility index (Phi) is 5.53. The van der Waals surface area contributed by atoms with Crippen molar-refractivity contribution >= 4 is 29.4 Å². The number of nitrogens with zero attached hydrogens (tertiary/aromatic N) is 1. The van der Waals surface area contributed by atoms with Crippen molar-refractivity contribution in [3.05, 3.63) is 64.2 Å². The smallest absolute Gasteiger partial charge is 0.370 e. The van der Waals surface area contributed by atoms with Gasteiger partial charge in [0.05, 0.1) is 11.1 Å². The second-order valence-corrected chi connectivity index (χ2v) is 7.66. The van der Waals surface area contributed by atoms with Gasteiger partial charge in [-0.05, 0) is 54.7 Å². The lowest BCUT2D eigenvalue weighted by atomic mass is 9.84. The lowest BCUT2D eigenvalue weighted by Gasteiger charge is -2.24. The molecule has 2 aliphatic rings. The molecule has 2 aromatic rings. The highest BCUT2D eigenvalue weighted by molar-refractivity contribution is 6.30. The van der Waals surface area contributed by atoms with E-state index < -0.39 is 24.4 Å². The molecule has 4 rings (SSSR count). The van der Waals surface area contributed by atoms with Gasteiger partial charge in [0, 0.05) is 5.02 Å². The van der Waals surface area contributed by atoms with Crippen LogP contribution in [-0.4, -0.2) is 29.5 Å². The average molecular weight is 414 g/mol. The molecule has 0 bridgehead atoms. The third-order valence-corrected chi connectivity index (χ3v) is 5.55. The van der Waals surface area contributed by atoms with Crippen molar-refractivity contribution in [3.63, 3.8) is 0 Å². The number of halogens is 1. The summed E-state index contributed by atoms with van der Waals surface area (Å²) >= 11 is 6.16. The van der Waals surface area contributed by atoms with Crippen LogP contribution in [0.3, 0.4) is 0 Å². The summed E-state index contributed by atoms with van der Waals surface area (Å²) in [4.78, 5) is 41.8. The van der Waals surface area contributed by atoms with Crippen molar-refractivity contribution in [2.45, 2.75) is 38.0 Å². The molecular weight excluding hydrogens is 394 g/mol. The summed E-state index contributed by atoms with van der Waals surface area (Å²) in [7, 11) is 0. The van der Waals surface area contributed by atoms with Crippen molar-refractivity contribution in [2.24, 2.45) is 0 Å². The van der Waals surface area contributed by atoms with Crippen LogP contribution in [0.1, 0.15) is 64.3 Å². The van der Waals surface area contributed by atoms with Crippen LogP contribution >= 0.6 is 11.6 Å². The zero-order chi connectivity index (χ0) is 20.4. The van der Waals surface area contributed by atoms with Crippen LogP contribution in [0.5, 0.6) is 5.75 Å². The Balaban J connectivity index is 1.42. The SMILES string of the molecule is O=C(COc1ccc(Cl)cc1C1CCCCC1)ON1C(=O)c2ccccc2C1=O. The Hall–Kier alpha value is -2.86. The number of fused-ring (bicyclic) bond motifs is 1. The van der Waals surface area contributed by atoms with Crippen LogP contribution in [0.15, 0.2) is 42.5 Å². The van der Waals surface area contributed by atoms with E-state index in [-0.39, 0.29) is 11.1 Å². The van der Waals surface area contributed by atoms with Gasteiger partial charge in [-0.25, -0.2) is 4.79 Å². The summed E-state index contributed by atoms with van der Waals surface area (Å²) in [5, 5.41) is 1.10. The molecule has 1 heterocycles. The number of hydroxylamine groups is 2. The van der Waals surface area contributed by atoms with E-state index in [9.17, 15) is 14.4 Å². The predicted molar refractivity (Wildman–Crippen MR) is 106 cm³/mol. The maximum absolute atomic E-state index is 12.3. The number of carbonyl (C=O) groups excluding carboxylic acids is 3. The summed E-state index contributed by atoms with van der Waals surface area (Å²) in [6.07, 6.45) is 5.63. The van der Waals surface area contributed by atoms with E-state index in [1.807, 2.05) is 6.07 Å². The number of benzene rings is 2. The first-order valence-electron chi connectivity index (χ1n) is 9.65. The highest BCUT2D eigenvalue weighted by Gasteiger charge is 2.38. The second kappa shape index (κ2) is 8.25. The molecule has 29 heavy (non-hydrogen) atoms. The van der Waals surface area contributed by atoms with Crippen LogP contribution in [0.4, 0.5) is 0 Å². The summed E-state index contributed by atoms with van der Waals surface area (Å²) in [6, 6.07) is 11.6. The lowest BCUT2D eigenvalue weighted by Crippen LogP contribution is -2.34. The van der Waals surface area contributed by atoms with Crippen LogP contribution < -0.4 is 4.74 Å². The normalized spacial score (nSPS) is 16.7. The largest absolute Gasteiger partial charge is 0.482 e. The number of hydrogen-bond acceptors (Lipinski definition) is 5. The van der Waals surface area contributed by atoms with E-state index in [0.29, 0.717) is 21.8 Å². The second-order valence-electron chi connectivity index (χ2n) is 7.22. The molecule has 0 radical (unpaired) electrons. The molecule has 1 aliphatic heterocycles. The van der Waals surface area contributed by atoms with Gasteiger partial charge in [-0.1, -0.05) is 48.1 Å². The molecule has 6 nitrogen and oxygen atoms in total. The van der Waals surface area contributed by atoms with Gasteiger partial charge in [0.2, 0.25) is 0 Å². The van der Waals surface area contributed by atoms with E-state index in [1.54, 1.807) is 24.3 Å². The van der Waals surface area contributed by atoms with Gasteiger partial charge >= 0.3 is 5.97 Å². The number of hydrogen-bond donors (Lipinski definition) is 0. The van der Waals surface area contributed by atoms with Crippen molar-refractivity contribution in [2.75, 3.05) is 6.61 Å². The van der Waals surface area contributed by atoms with E-state index in [0.717, 1.165) is 31.2 Å². The predicted octanol–water partition coefficient (Wildman–Crippen LogP) is 4.52. The number of imide groups is 1. The number of ether oxygens (including phenoxy) is 1. The number of rotatable bonds is 5. The molecule has 0 N–H and O–H groups in total. The van der Waals surface area contributed by atoms with Gasteiger partial charge in [-0.15, -0.1) is 0 Å². The minimum atomic E-state index is -0.830. The maximum atomic E-state index is 12.3. The molecule has 150 valence electrons. The molecule has 1 fully saturated rings. The van der Waals surface area contributed by atoms with Crippen molar-refractivity contribution in [1.29, 1.82) is 0 Å². The first kappa shape index (κ1) is 19.5. The maximum Gasteiger partial charge on any atom is 0.370 e. The van der Waals surface area contributed by atoms with E-state index in [4.69, 9.17) is 21.2 Å².